The van der Waals surface area contributed by atoms with E-state index in [0.29, 0.717) is 16.8 Å². The van der Waals surface area contributed by atoms with Crippen LogP contribution in [0.1, 0.15) is 18.5 Å². The molecule has 0 bridgehead atoms. The first kappa shape index (κ1) is 25.7. The van der Waals surface area contributed by atoms with E-state index >= 15 is 0 Å². The zero-order valence-corrected chi connectivity index (χ0v) is 19.5. The topological polar surface area (TPSA) is 89.9 Å². The Balaban J connectivity index is 0.00000420. The molecule has 0 atom stereocenters. The first-order valence-electron chi connectivity index (χ1n) is 8.71. The van der Waals surface area contributed by atoms with Gasteiger partial charge in [-0.2, -0.15) is 17.5 Å². The third-order valence-electron chi connectivity index (χ3n) is 4.34. The predicted molar refractivity (Wildman–Crippen MR) is 117 cm³/mol. The molecule has 2 N–H and O–H groups in total. The number of alkyl halides is 3. The van der Waals surface area contributed by atoms with Crippen LogP contribution < -0.4 is 15.5 Å². The highest BCUT2D eigenvalue weighted by Crippen LogP contribution is 2.28. The van der Waals surface area contributed by atoms with Gasteiger partial charge in [-0.3, -0.25) is 4.99 Å². The average molecular weight is 550 g/mol. The van der Waals surface area contributed by atoms with Crippen LogP contribution in [0, 0.1) is 0 Å². The smallest absolute Gasteiger partial charge is 0.363 e. The van der Waals surface area contributed by atoms with Crippen molar-refractivity contribution in [2.45, 2.75) is 30.9 Å². The molecule has 1 saturated heterocycles. The maximum atomic E-state index is 12.6. The number of anilines is 1. The lowest BCUT2D eigenvalue weighted by atomic mass is 10.1. The van der Waals surface area contributed by atoms with Crippen LogP contribution in [0.15, 0.2) is 23.2 Å². The van der Waals surface area contributed by atoms with Crippen LogP contribution >= 0.6 is 24.0 Å². The number of aliphatic imine (C=N–C) groups is 1. The van der Waals surface area contributed by atoms with E-state index in [4.69, 9.17) is 0 Å². The largest absolute Gasteiger partial charge is 0.511 e. The standard InChI is InChI=1S/C16H25F3N6O2S.HI/c1-20-15(21-11-13-5-4-6-14(22-13)24(2)3)23-12-7-9-25(10-8-12)28(26,27)16(17,18)19;/h4-6,12H,7-11H2,1-3H3,(H2,20,21,23);1H. The van der Waals surface area contributed by atoms with Crippen LogP contribution in [0.5, 0.6) is 0 Å². The number of hydrogen-bond donors (Lipinski definition) is 2. The molecule has 8 nitrogen and oxygen atoms in total. The van der Waals surface area contributed by atoms with Gasteiger partial charge in [0.25, 0.3) is 0 Å². The zero-order valence-electron chi connectivity index (χ0n) is 16.4. The SMILES string of the molecule is CN=C(NCc1cccc(N(C)C)n1)NC1CCN(S(=O)(=O)C(F)(F)F)CC1.I. The van der Waals surface area contributed by atoms with Crippen LogP contribution in [0.2, 0.25) is 0 Å². The third kappa shape index (κ3) is 6.84. The molecule has 1 aromatic rings. The molecule has 0 aliphatic carbocycles. The molecular weight excluding hydrogens is 524 g/mol. The monoisotopic (exact) mass is 550 g/mol. The molecule has 1 aliphatic rings. The first-order valence-corrected chi connectivity index (χ1v) is 10.2. The van der Waals surface area contributed by atoms with Crippen molar-refractivity contribution in [3.05, 3.63) is 23.9 Å². The van der Waals surface area contributed by atoms with Gasteiger partial charge in [0.15, 0.2) is 5.96 Å². The van der Waals surface area contributed by atoms with Crippen molar-refractivity contribution in [3.8, 4) is 0 Å². The Hall–Kier alpha value is -1.35. The molecule has 0 spiro atoms. The fourth-order valence-corrected chi connectivity index (χ4v) is 3.75. The number of nitrogens with zero attached hydrogens (tertiary/aromatic N) is 4. The lowest BCUT2D eigenvalue weighted by molar-refractivity contribution is -0.0494. The Kier molecular flexibility index (Phi) is 9.40. The van der Waals surface area contributed by atoms with Gasteiger partial charge in [0, 0.05) is 40.3 Å². The van der Waals surface area contributed by atoms with E-state index in [9.17, 15) is 21.6 Å². The van der Waals surface area contributed by atoms with Gasteiger partial charge in [-0.1, -0.05) is 6.07 Å². The summed E-state index contributed by atoms with van der Waals surface area (Å²) < 4.78 is 61.3. The summed E-state index contributed by atoms with van der Waals surface area (Å²) >= 11 is 0. The van der Waals surface area contributed by atoms with E-state index in [1.54, 1.807) is 7.05 Å². The van der Waals surface area contributed by atoms with Gasteiger partial charge in [0.2, 0.25) is 0 Å². The van der Waals surface area contributed by atoms with E-state index in [0.717, 1.165) is 11.5 Å². The predicted octanol–water partition coefficient (Wildman–Crippen LogP) is 1.74. The molecule has 1 fully saturated rings. The fourth-order valence-electron chi connectivity index (χ4n) is 2.76. The van der Waals surface area contributed by atoms with E-state index in [-0.39, 0.29) is 55.9 Å². The fraction of sp³-hybridized carbons (Fsp3) is 0.625. The summed E-state index contributed by atoms with van der Waals surface area (Å²) in [5.74, 6) is 1.30. The van der Waals surface area contributed by atoms with Gasteiger partial charge in [-0.25, -0.2) is 13.4 Å². The third-order valence-corrected chi connectivity index (χ3v) is 5.97. The first-order chi connectivity index (χ1) is 13.0. The molecule has 1 aromatic heterocycles. The summed E-state index contributed by atoms with van der Waals surface area (Å²) in [6, 6.07) is 5.48. The summed E-state index contributed by atoms with van der Waals surface area (Å²) in [7, 11) is 0.107. The van der Waals surface area contributed by atoms with Crippen molar-refractivity contribution >= 4 is 45.8 Å². The summed E-state index contributed by atoms with van der Waals surface area (Å²) in [5, 5.41) is 6.23. The molecule has 0 saturated carbocycles. The Morgan fingerprint density at radius 2 is 1.93 bits per heavy atom. The number of piperidine rings is 1. The summed E-state index contributed by atoms with van der Waals surface area (Å²) in [4.78, 5) is 10.5. The van der Waals surface area contributed by atoms with Crippen molar-refractivity contribution in [1.82, 2.24) is 19.9 Å². The lowest BCUT2D eigenvalue weighted by Gasteiger charge is -2.32. The minimum absolute atomic E-state index is 0. The van der Waals surface area contributed by atoms with Gasteiger partial charge in [0.05, 0.1) is 12.2 Å². The minimum atomic E-state index is -5.27. The molecule has 13 heteroatoms. The van der Waals surface area contributed by atoms with Crippen molar-refractivity contribution < 1.29 is 21.6 Å². The van der Waals surface area contributed by atoms with Gasteiger partial charge in [-0.15, -0.1) is 24.0 Å². The molecule has 0 unspecified atom stereocenters. The number of nitrogens with one attached hydrogen (secondary N) is 2. The molecule has 1 aliphatic heterocycles. The molecule has 0 aromatic carbocycles. The van der Waals surface area contributed by atoms with E-state index in [2.05, 4.69) is 20.6 Å². The van der Waals surface area contributed by atoms with Crippen LogP contribution in [0.25, 0.3) is 0 Å². The molecular formula is C16H26F3IN6O2S. The number of rotatable bonds is 5. The Morgan fingerprint density at radius 1 is 1.31 bits per heavy atom. The second kappa shape index (κ2) is 10.6. The summed E-state index contributed by atoms with van der Waals surface area (Å²) in [6.07, 6.45) is 0.509. The van der Waals surface area contributed by atoms with E-state index in [1.807, 2.05) is 37.2 Å². The van der Waals surface area contributed by atoms with Crippen molar-refractivity contribution in [1.29, 1.82) is 0 Å². The minimum Gasteiger partial charge on any atom is -0.363 e. The second-order valence-electron chi connectivity index (χ2n) is 6.58. The van der Waals surface area contributed by atoms with Crippen LogP contribution in [0.3, 0.4) is 0 Å². The molecule has 0 radical (unpaired) electrons. The number of guanidine groups is 1. The number of halogens is 4. The quantitative estimate of drug-likeness (QED) is 0.330. The summed E-state index contributed by atoms with van der Waals surface area (Å²) in [6.45, 7) is 0.0362. The lowest BCUT2D eigenvalue weighted by Crippen LogP contribution is -2.51. The molecule has 2 heterocycles. The average Bonchev–Trinajstić information content (AvgIpc) is 2.64. The van der Waals surface area contributed by atoms with Crippen LogP contribution in [-0.4, -0.2) is 69.4 Å². The maximum Gasteiger partial charge on any atom is 0.511 e. The van der Waals surface area contributed by atoms with Crippen LogP contribution in [-0.2, 0) is 16.6 Å². The number of pyridine rings is 1. The van der Waals surface area contributed by atoms with Crippen molar-refractivity contribution in [3.63, 3.8) is 0 Å². The number of hydrogen-bond acceptors (Lipinski definition) is 5. The highest BCUT2D eigenvalue weighted by Gasteiger charge is 2.50. The Labute approximate surface area is 186 Å². The number of aromatic nitrogens is 1. The number of sulfonamides is 1. The van der Waals surface area contributed by atoms with Gasteiger partial charge in [-0.05, 0) is 25.0 Å². The Morgan fingerprint density at radius 3 is 2.45 bits per heavy atom. The molecule has 0 amide bonds. The Bertz CT molecular complexity index is 796. The normalized spacial score (nSPS) is 16.8. The maximum absolute atomic E-state index is 12.6. The highest BCUT2D eigenvalue weighted by atomic mass is 127. The van der Waals surface area contributed by atoms with Crippen molar-refractivity contribution in [2.75, 3.05) is 39.1 Å². The zero-order chi connectivity index (χ0) is 20.9. The van der Waals surface area contributed by atoms with Gasteiger partial charge in [0.1, 0.15) is 5.82 Å². The van der Waals surface area contributed by atoms with E-state index < -0.39 is 15.5 Å². The highest BCUT2D eigenvalue weighted by molar-refractivity contribution is 14.0. The van der Waals surface area contributed by atoms with Crippen molar-refractivity contribution in [2.24, 2.45) is 4.99 Å². The summed E-state index contributed by atoms with van der Waals surface area (Å²) in [5.41, 5.74) is -4.46. The van der Waals surface area contributed by atoms with Gasteiger partial charge >= 0.3 is 15.5 Å². The van der Waals surface area contributed by atoms with Gasteiger partial charge < -0.3 is 15.5 Å². The molecule has 29 heavy (non-hydrogen) atoms. The molecule has 2 rings (SSSR count). The van der Waals surface area contributed by atoms with E-state index in [1.165, 1.54) is 0 Å². The van der Waals surface area contributed by atoms with Crippen LogP contribution in [0.4, 0.5) is 19.0 Å². The second-order valence-corrected chi connectivity index (χ2v) is 8.51. The molecule has 166 valence electrons.